The van der Waals surface area contributed by atoms with Gasteiger partial charge in [-0.05, 0) is 18.8 Å². The van der Waals surface area contributed by atoms with Crippen LogP contribution < -0.4 is 5.32 Å². The number of likely N-dealkylation sites (tertiary alicyclic amines) is 1. The molecule has 6 nitrogen and oxygen atoms in total. The minimum atomic E-state index is 0.303. The molecule has 0 aromatic rings. The number of aliphatic imine (C=N–C) groups is 1. The molecule has 2 saturated heterocycles. The van der Waals surface area contributed by atoms with Crippen LogP contribution in [0.25, 0.3) is 0 Å². The summed E-state index contributed by atoms with van der Waals surface area (Å²) in [4.78, 5) is 23.3. The summed E-state index contributed by atoms with van der Waals surface area (Å²) in [5.74, 6) is 2.02. The molecule has 1 N–H and O–H groups in total. The van der Waals surface area contributed by atoms with E-state index in [2.05, 4.69) is 34.0 Å². The predicted molar refractivity (Wildman–Crippen MR) is 99.3 cm³/mol. The Balaban J connectivity index is 1.73. The highest BCUT2D eigenvalue weighted by atomic mass is 16.2. The van der Waals surface area contributed by atoms with E-state index < -0.39 is 0 Å². The zero-order valence-electron chi connectivity index (χ0n) is 15.8. The second-order valence-electron chi connectivity index (χ2n) is 6.96. The van der Waals surface area contributed by atoms with Gasteiger partial charge in [0.05, 0.1) is 6.54 Å². The number of guanidine groups is 1. The second-order valence-corrected chi connectivity index (χ2v) is 6.96. The van der Waals surface area contributed by atoms with Gasteiger partial charge in [-0.3, -0.25) is 14.7 Å². The highest BCUT2D eigenvalue weighted by Crippen LogP contribution is 2.10. The lowest BCUT2D eigenvalue weighted by molar-refractivity contribution is -0.131. The first kappa shape index (κ1) is 19.0. The van der Waals surface area contributed by atoms with Crippen LogP contribution in [0, 0.1) is 5.92 Å². The van der Waals surface area contributed by atoms with Crippen LogP contribution in [0.15, 0.2) is 4.99 Å². The molecule has 0 radical (unpaired) electrons. The third kappa shape index (κ3) is 5.36. The van der Waals surface area contributed by atoms with Crippen LogP contribution in [0.3, 0.4) is 0 Å². The van der Waals surface area contributed by atoms with Gasteiger partial charge < -0.3 is 15.1 Å². The van der Waals surface area contributed by atoms with Crippen molar-refractivity contribution in [2.75, 3.05) is 59.4 Å². The zero-order chi connectivity index (χ0) is 17.4. The number of hydrogen-bond donors (Lipinski definition) is 1. The van der Waals surface area contributed by atoms with Gasteiger partial charge in [0.15, 0.2) is 5.96 Å². The molecule has 2 fully saturated rings. The Hall–Kier alpha value is -1.30. The summed E-state index contributed by atoms with van der Waals surface area (Å²) >= 11 is 0. The summed E-state index contributed by atoms with van der Waals surface area (Å²) in [7, 11) is 1.86. The summed E-state index contributed by atoms with van der Waals surface area (Å²) in [6, 6.07) is 0. The van der Waals surface area contributed by atoms with E-state index in [4.69, 9.17) is 0 Å². The number of nitrogens with zero attached hydrogens (tertiary/aromatic N) is 4. The maximum Gasteiger partial charge on any atom is 0.236 e. The highest BCUT2D eigenvalue weighted by molar-refractivity contribution is 5.80. The summed E-state index contributed by atoms with van der Waals surface area (Å²) < 4.78 is 0. The van der Waals surface area contributed by atoms with Crippen molar-refractivity contribution in [3.8, 4) is 0 Å². The average Bonchev–Trinajstić information content (AvgIpc) is 3.15. The van der Waals surface area contributed by atoms with Gasteiger partial charge >= 0.3 is 0 Å². The van der Waals surface area contributed by atoms with Crippen LogP contribution in [0.5, 0.6) is 0 Å². The molecule has 24 heavy (non-hydrogen) atoms. The molecule has 1 amide bonds. The number of amides is 1. The van der Waals surface area contributed by atoms with Crippen molar-refractivity contribution >= 4 is 11.9 Å². The van der Waals surface area contributed by atoms with Crippen molar-refractivity contribution in [3.63, 3.8) is 0 Å². The summed E-state index contributed by atoms with van der Waals surface area (Å²) in [5.41, 5.74) is 0. The molecule has 2 aliphatic rings. The van der Waals surface area contributed by atoms with Gasteiger partial charge in [0.1, 0.15) is 0 Å². The first-order valence-corrected chi connectivity index (χ1v) is 9.63. The highest BCUT2D eigenvalue weighted by Gasteiger charge is 2.24. The van der Waals surface area contributed by atoms with E-state index >= 15 is 0 Å². The summed E-state index contributed by atoms with van der Waals surface area (Å²) in [6.45, 7) is 11.7. The van der Waals surface area contributed by atoms with Gasteiger partial charge in [-0.2, -0.15) is 0 Å². The Morgan fingerprint density at radius 3 is 2.17 bits per heavy atom. The van der Waals surface area contributed by atoms with Crippen LogP contribution in [-0.4, -0.2) is 86.0 Å². The van der Waals surface area contributed by atoms with Crippen LogP contribution in [0.4, 0.5) is 0 Å². The molecular weight excluding hydrogens is 302 g/mol. The van der Waals surface area contributed by atoms with Crippen LogP contribution >= 0.6 is 0 Å². The van der Waals surface area contributed by atoms with E-state index in [9.17, 15) is 4.79 Å². The molecule has 0 unspecified atom stereocenters. The molecule has 0 spiro atoms. The van der Waals surface area contributed by atoms with E-state index in [0.717, 1.165) is 64.6 Å². The van der Waals surface area contributed by atoms with Gasteiger partial charge in [0.25, 0.3) is 0 Å². The quantitative estimate of drug-likeness (QED) is 0.585. The number of nitrogens with one attached hydrogen (secondary N) is 1. The monoisotopic (exact) mass is 337 g/mol. The van der Waals surface area contributed by atoms with Crippen molar-refractivity contribution in [2.45, 2.75) is 39.5 Å². The normalized spacial score (nSPS) is 20.1. The van der Waals surface area contributed by atoms with E-state index in [1.807, 2.05) is 11.9 Å². The molecule has 0 aliphatic carbocycles. The first-order valence-electron chi connectivity index (χ1n) is 9.63. The first-order chi connectivity index (χ1) is 11.7. The van der Waals surface area contributed by atoms with Crippen molar-refractivity contribution < 1.29 is 4.79 Å². The van der Waals surface area contributed by atoms with Gasteiger partial charge in [-0.25, -0.2) is 0 Å². The van der Waals surface area contributed by atoms with Gasteiger partial charge in [0.2, 0.25) is 5.91 Å². The minimum Gasteiger partial charge on any atom is -0.356 e. The van der Waals surface area contributed by atoms with Gasteiger partial charge in [-0.15, -0.1) is 0 Å². The number of carbonyl (C=O) groups is 1. The topological polar surface area (TPSA) is 51.2 Å². The molecule has 0 aromatic carbocycles. The summed E-state index contributed by atoms with van der Waals surface area (Å²) in [6.07, 6.45) is 4.73. The average molecular weight is 338 g/mol. The minimum absolute atomic E-state index is 0.303. The largest absolute Gasteiger partial charge is 0.356 e. The third-order valence-corrected chi connectivity index (χ3v) is 5.40. The van der Waals surface area contributed by atoms with Crippen LogP contribution in [0.2, 0.25) is 0 Å². The summed E-state index contributed by atoms with van der Waals surface area (Å²) in [5, 5.41) is 3.52. The molecule has 2 rings (SSSR count). The fourth-order valence-electron chi connectivity index (χ4n) is 3.52. The zero-order valence-corrected chi connectivity index (χ0v) is 15.8. The Morgan fingerprint density at radius 1 is 1.00 bits per heavy atom. The smallest absolute Gasteiger partial charge is 0.236 e. The molecule has 0 bridgehead atoms. The predicted octanol–water partition coefficient (Wildman–Crippen LogP) is 1.24. The molecule has 6 heteroatoms. The molecule has 0 saturated carbocycles. The fraction of sp³-hybridized carbons (Fsp3) is 0.889. The van der Waals surface area contributed by atoms with Crippen molar-refractivity contribution in [1.82, 2.24) is 20.0 Å². The van der Waals surface area contributed by atoms with Crippen molar-refractivity contribution in [3.05, 3.63) is 0 Å². The fourth-order valence-corrected chi connectivity index (χ4v) is 3.52. The molecule has 2 heterocycles. The maximum atomic E-state index is 12.3. The SMILES string of the molecule is CCC(CC)CNC(=NC)N1CCN(CC(=O)N2CCCC2)CC1. The van der Waals surface area contributed by atoms with Crippen molar-refractivity contribution in [1.29, 1.82) is 0 Å². The molecule has 2 aliphatic heterocycles. The van der Waals surface area contributed by atoms with Gasteiger partial charge in [0, 0.05) is 52.9 Å². The molecular formula is C18H35N5O. The van der Waals surface area contributed by atoms with Crippen molar-refractivity contribution in [2.24, 2.45) is 10.9 Å². The van der Waals surface area contributed by atoms with Crippen LogP contribution in [0.1, 0.15) is 39.5 Å². The lowest BCUT2D eigenvalue weighted by Gasteiger charge is -2.37. The number of piperazine rings is 1. The Bertz CT molecular complexity index is 408. The maximum absolute atomic E-state index is 12.3. The van der Waals surface area contributed by atoms with E-state index in [1.165, 1.54) is 12.8 Å². The molecule has 0 atom stereocenters. The van der Waals surface area contributed by atoms with Gasteiger partial charge in [-0.1, -0.05) is 26.7 Å². The standard InChI is InChI=1S/C18H35N5O/c1-4-16(5-2)14-20-18(19-3)23-12-10-21(11-13-23)15-17(24)22-8-6-7-9-22/h16H,4-15H2,1-3H3,(H,19,20). The lowest BCUT2D eigenvalue weighted by atomic mass is 10.0. The van der Waals surface area contributed by atoms with E-state index in [-0.39, 0.29) is 0 Å². The lowest BCUT2D eigenvalue weighted by Crippen LogP contribution is -2.54. The Labute approximate surface area is 147 Å². The second kappa shape index (κ2) is 9.87. The van der Waals surface area contributed by atoms with E-state index in [1.54, 1.807) is 0 Å². The van der Waals surface area contributed by atoms with E-state index in [0.29, 0.717) is 18.4 Å². The molecule has 0 aromatic heterocycles. The number of carbonyl (C=O) groups excluding carboxylic acids is 1. The van der Waals surface area contributed by atoms with Crippen LogP contribution in [-0.2, 0) is 4.79 Å². The third-order valence-electron chi connectivity index (χ3n) is 5.40. The number of rotatable bonds is 6. The molecule has 138 valence electrons. The number of hydrogen-bond acceptors (Lipinski definition) is 3. The Kier molecular flexibility index (Phi) is 7.82. The Morgan fingerprint density at radius 2 is 1.62 bits per heavy atom.